The summed E-state index contributed by atoms with van der Waals surface area (Å²) in [4.78, 5) is 62.7. The smallest absolute Gasteiger partial charge is 0.258 e. The third-order valence-electron chi connectivity index (χ3n) is 5.15. The number of carbonyl (C=O) groups is 5. The zero-order valence-corrected chi connectivity index (χ0v) is 16.6. The van der Waals surface area contributed by atoms with Gasteiger partial charge in [-0.15, -0.1) is 0 Å². The van der Waals surface area contributed by atoms with Gasteiger partial charge in [0, 0.05) is 37.1 Å². The Labute approximate surface area is 178 Å². The predicted octanol–water partition coefficient (Wildman–Crippen LogP) is 1.76. The molecule has 2 heterocycles. The van der Waals surface area contributed by atoms with E-state index in [1.165, 1.54) is 4.90 Å². The number of amides is 5. The number of fused-ring (bicyclic) bond motifs is 1. The molecule has 2 aromatic carbocycles. The molecule has 0 atom stereocenters. The van der Waals surface area contributed by atoms with E-state index in [9.17, 15) is 24.0 Å². The molecule has 2 aliphatic rings. The number of para-hydroxylation sites is 2. The molecule has 2 aliphatic heterocycles. The highest BCUT2D eigenvalue weighted by Gasteiger charge is 2.29. The molecule has 0 spiro atoms. The number of nitrogens with zero attached hydrogens (tertiary/aromatic N) is 2. The lowest BCUT2D eigenvalue weighted by atomic mass is 10.1. The fraction of sp³-hybridized carbons (Fsp3) is 0.227. The molecule has 0 saturated carbocycles. The van der Waals surface area contributed by atoms with Crippen LogP contribution in [0.15, 0.2) is 48.5 Å². The molecule has 9 nitrogen and oxygen atoms in total. The van der Waals surface area contributed by atoms with Crippen LogP contribution in [0.3, 0.4) is 0 Å². The van der Waals surface area contributed by atoms with Crippen LogP contribution < -0.4 is 15.5 Å². The van der Waals surface area contributed by atoms with Crippen LogP contribution in [0.2, 0.25) is 0 Å². The molecule has 0 bridgehead atoms. The summed E-state index contributed by atoms with van der Waals surface area (Å²) in [6.45, 7) is -0.0290. The van der Waals surface area contributed by atoms with Crippen molar-refractivity contribution in [2.45, 2.75) is 19.3 Å². The van der Waals surface area contributed by atoms with Gasteiger partial charge in [0.2, 0.25) is 23.6 Å². The van der Waals surface area contributed by atoms with E-state index in [2.05, 4.69) is 10.6 Å². The average molecular weight is 420 g/mol. The molecule has 158 valence electrons. The first-order valence-electron chi connectivity index (χ1n) is 9.86. The van der Waals surface area contributed by atoms with E-state index >= 15 is 0 Å². The van der Waals surface area contributed by atoms with E-state index in [0.717, 1.165) is 4.90 Å². The molecule has 1 fully saturated rings. The third-order valence-corrected chi connectivity index (χ3v) is 5.15. The van der Waals surface area contributed by atoms with E-state index in [-0.39, 0.29) is 61.9 Å². The minimum Gasteiger partial charge on any atom is -0.326 e. The van der Waals surface area contributed by atoms with E-state index in [1.807, 2.05) is 0 Å². The normalized spacial score (nSPS) is 15.5. The SMILES string of the molecule is O=C(CCN1C(=O)CCC1=O)Nc1ccc(C(=O)N2CC(=O)Nc3ccccc32)cc1. The van der Waals surface area contributed by atoms with Crippen molar-refractivity contribution in [2.75, 3.05) is 28.6 Å². The van der Waals surface area contributed by atoms with Crippen molar-refractivity contribution < 1.29 is 24.0 Å². The lowest BCUT2D eigenvalue weighted by Crippen LogP contribution is -2.42. The standard InChI is InChI=1S/C22H20N4O5/c27-18(11-12-25-20(29)9-10-21(25)30)23-15-7-5-14(6-8-15)22(31)26-13-19(28)24-16-3-1-2-4-17(16)26/h1-8H,9-13H2,(H,23,27)(H,24,28). The van der Waals surface area contributed by atoms with Crippen LogP contribution in [0.4, 0.5) is 17.1 Å². The van der Waals surface area contributed by atoms with Gasteiger partial charge in [0.15, 0.2) is 0 Å². The lowest BCUT2D eigenvalue weighted by molar-refractivity contribution is -0.138. The van der Waals surface area contributed by atoms with E-state index in [4.69, 9.17) is 0 Å². The van der Waals surface area contributed by atoms with Crippen molar-refractivity contribution in [3.8, 4) is 0 Å². The van der Waals surface area contributed by atoms with Gasteiger partial charge in [-0.3, -0.25) is 33.8 Å². The first kappa shape index (κ1) is 20.3. The van der Waals surface area contributed by atoms with Gasteiger partial charge in [-0.2, -0.15) is 0 Å². The Bertz CT molecular complexity index is 1060. The summed E-state index contributed by atoms with van der Waals surface area (Å²) >= 11 is 0. The van der Waals surface area contributed by atoms with Crippen LogP contribution >= 0.6 is 0 Å². The summed E-state index contributed by atoms with van der Waals surface area (Å²) in [6, 6.07) is 13.4. The van der Waals surface area contributed by atoms with Gasteiger partial charge in [0.25, 0.3) is 5.91 Å². The van der Waals surface area contributed by atoms with Crippen LogP contribution in [0.1, 0.15) is 29.6 Å². The summed E-state index contributed by atoms with van der Waals surface area (Å²) < 4.78 is 0. The van der Waals surface area contributed by atoms with Crippen LogP contribution in [-0.2, 0) is 19.2 Å². The summed E-state index contributed by atoms with van der Waals surface area (Å²) in [6.07, 6.45) is 0.385. The molecule has 0 aliphatic carbocycles. The Kier molecular flexibility index (Phi) is 5.48. The van der Waals surface area contributed by atoms with Crippen LogP contribution in [0, 0.1) is 0 Å². The molecule has 31 heavy (non-hydrogen) atoms. The molecule has 0 radical (unpaired) electrons. The molecule has 1 saturated heterocycles. The summed E-state index contributed by atoms with van der Waals surface area (Å²) in [5, 5.41) is 5.43. The number of carbonyl (C=O) groups excluding carboxylic acids is 5. The Morgan fingerprint density at radius 1 is 0.935 bits per heavy atom. The van der Waals surface area contributed by atoms with Gasteiger partial charge < -0.3 is 10.6 Å². The molecular weight excluding hydrogens is 400 g/mol. The number of nitrogens with one attached hydrogen (secondary N) is 2. The van der Waals surface area contributed by atoms with Crippen LogP contribution in [-0.4, -0.2) is 47.5 Å². The van der Waals surface area contributed by atoms with Gasteiger partial charge in [-0.25, -0.2) is 0 Å². The fourth-order valence-electron chi connectivity index (χ4n) is 3.58. The Balaban J connectivity index is 1.39. The molecule has 0 aromatic heterocycles. The summed E-state index contributed by atoms with van der Waals surface area (Å²) in [7, 11) is 0. The predicted molar refractivity (Wildman–Crippen MR) is 112 cm³/mol. The number of benzene rings is 2. The monoisotopic (exact) mass is 420 g/mol. The topological polar surface area (TPSA) is 116 Å². The van der Waals surface area contributed by atoms with Gasteiger partial charge in [-0.05, 0) is 36.4 Å². The number of hydrogen-bond donors (Lipinski definition) is 2. The maximum atomic E-state index is 12.9. The van der Waals surface area contributed by atoms with Crippen LogP contribution in [0.5, 0.6) is 0 Å². The zero-order chi connectivity index (χ0) is 22.0. The molecule has 2 N–H and O–H groups in total. The van der Waals surface area contributed by atoms with Gasteiger partial charge in [0.05, 0.1) is 11.4 Å². The lowest BCUT2D eigenvalue weighted by Gasteiger charge is -2.29. The van der Waals surface area contributed by atoms with E-state index in [0.29, 0.717) is 22.6 Å². The zero-order valence-electron chi connectivity index (χ0n) is 16.6. The number of rotatable bonds is 5. The molecule has 5 amide bonds. The maximum absolute atomic E-state index is 12.9. The second-order valence-electron chi connectivity index (χ2n) is 7.27. The number of imide groups is 1. The van der Waals surface area contributed by atoms with Crippen LogP contribution in [0.25, 0.3) is 0 Å². The van der Waals surface area contributed by atoms with Gasteiger partial charge >= 0.3 is 0 Å². The number of hydrogen-bond acceptors (Lipinski definition) is 5. The van der Waals surface area contributed by atoms with Crippen molar-refractivity contribution in [1.82, 2.24) is 4.90 Å². The Morgan fingerprint density at radius 2 is 1.61 bits per heavy atom. The third kappa shape index (κ3) is 4.30. The second-order valence-corrected chi connectivity index (χ2v) is 7.27. The minimum atomic E-state index is -0.340. The Morgan fingerprint density at radius 3 is 2.32 bits per heavy atom. The average Bonchev–Trinajstić information content (AvgIpc) is 3.09. The van der Waals surface area contributed by atoms with Crippen molar-refractivity contribution in [1.29, 1.82) is 0 Å². The van der Waals surface area contributed by atoms with Gasteiger partial charge in [-0.1, -0.05) is 12.1 Å². The minimum absolute atomic E-state index is 0.00215. The van der Waals surface area contributed by atoms with Crippen molar-refractivity contribution in [3.63, 3.8) is 0 Å². The highest BCUT2D eigenvalue weighted by Crippen LogP contribution is 2.30. The first-order valence-corrected chi connectivity index (χ1v) is 9.86. The summed E-state index contributed by atoms with van der Waals surface area (Å²) in [5.74, 6) is -1.45. The first-order chi connectivity index (χ1) is 14.9. The highest BCUT2D eigenvalue weighted by molar-refractivity contribution is 6.15. The number of anilines is 3. The molecule has 4 rings (SSSR count). The molecule has 0 unspecified atom stereocenters. The highest BCUT2D eigenvalue weighted by atomic mass is 16.2. The quantitative estimate of drug-likeness (QED) is 0.715. The molecule has 2 aromatic rings. The maximum Gasteiger partial charge on any atom is 0.258 e. The largest absolute Gasteiger partial charge is 0.326 e. The Hall–Kier alpha value is -4.01. The number of likely N-dealkylation sites (tertiary alicyclic amines) is 1. The van der Waals surface area contributed by atoms with E-state index in [1.54, 1.807) is 48.5 Å². The summed E-state index contributed by atoms with van der Waals surface area (Å²) in [5.41, 5.74) is 2.05. The van der Waals surface area contributed by atoms with Crippen molar-refractivity contribution >= 4 is 46.6 Å². The molecule has 9 heteroatoms. The molecular formula is C22H20N4O5. The van der Waals surface area contributed by atoms with Crippen molar-refractivity contribution in [3.05, 3.63) is 54.1 Å². The van der Waals surface area contributed by atoms with Crippen molar-refractivity contribution in [2.24, 2.45) is 0 Å². The van der Waals surface area contributed by atoms with E-state index < -0.39 is 0 Å². The fourth-order valence-corrected chi connectivity index (χ4v) is 3.58. The second kappa shape index (κ2) is 8.39. The van der Waals surface area contributed by atoms with Gasteiger partial charge in [0.1, 0.15) is 6.54 Å².